The fourth-order valence-electron chi connectivity index (χ4n) is 2.01. The third kappa shape index (κ3) is 3.54. The van der Waals surface area contributed by atoms with Gasteiger partial charge in [-0.15, -0.1) is 0 Å². The second-order valence-corrected chi connectivity index (χ2v) is 5.09. The molecule has 0 unspecified atom stereocenters. The molecule has 0 spiro atoms. The number of nitrogens with two attached hydrogens (primary N) is 1. The average molecular weight is 329 g/mol. The van der Waals surface area contributed by atoms with Gasteiger partial charge in [-0.1, -0.05) is 0 Å². The molecule has 0 atom stereocenters. The van der Waals surface area contributed by atoms with Gasteiger partial charge in [-0.25, -0.2) is 15.8 Å². The maximum absolute atomic E-state index is 11.9. The van der Waals surface area contributed by atoms with Crippen LogP contribution in [-0.4, -0.2) is 40.4 Å². The average Bonchev–Trinajstić information content (AvgIpc) is 2.94. The predicted octanol–water partition coefficient (Wildman–Crippen LogP) is 0.949. The Hall–Kier alpha value is -1.41. The molecule has 0 radical (unpaired) electrons. The summed E-state index contributed by atoms with van der Waals surface area (Å²) < 4.78 is 0.658. The van der Waals surface area contributed by atoms with Gasteiger partial charge in [0.05, 0.1) is 0 Å². The largest absolute Gasteiger partial charge is 0.368 e. The quantitative estimate of drug-likeness (QED) is 0.550. The van der Waals surface area contributed by atoms with E-state index in [-0.39, 0.29) is 5.91 Å². The molecular weight excluding hydrogens is 312 g/mol. The lowest BCUT2D eigenvalue weighted by Gasteiger charge is -2.15. The van der Waals surface area contributed by atoms with Crippen LogP contribution in [0.1, 0.15) is 19.3 Å². The first-order chi connectivity index (χ1) is 9.22. The van der Waals surface area contributed by atoms with Crippen LogP contribution in [0.15, 0.2) is 10.8 Å². The maximum Gasteiger partial charge on any atom is 0.224 e. The highest BCUT2D eigenvalue weighted by Gasteiger charge is 2.17. The molecule has 4 N–H and O–H groups in total. The number of nitrogen functional groups attached to an aromatic ring is 1. The van der Waals surface area contributed by atoms with Crippen molar-refractivity contribution >= 4 is 33.5 Å². The van der Waals surface area contributed by atoms with Crippen molar-refractivity contribution in [3.63, 3.8) is 0 Å². The summed E-state index contributed by atoms with van der Waals surface area (Å²) in [5, 5.41) is 3.10. The van der Waals surface area contributed by atoms with Crippen LogP contribution in [0.2, 0.25) is 0 Å². The van der Waals surface area contributed by atoms with Crippen molar-refractivity contribution in [3.05, 3.63) is 10.8 Å². The van der Waals surface area contributed by atoms with Gasteiger partial charge in [-0.2, -0.15) is 0 Å². The number of aromatic nitrogens is 2. The summed E-state index contributed by atoms with van der Waals surface area (Å²) in [5.74, 6) is 6.63. The fourth-order valence-corrected chi connectivity index (χ4v) is 2.47. The van der Waals surface area contributed by atoms with E-state index < -0.39 is 0 Å². The van der Waals surface area contributed by atoms with Crippen LogP contribution >= 0.6 is 15.9 Å². The number of rotatable bonds is 5. The van der Waals surface area contributed by atoms with Crippen molar-refractivity contribution in [2.75, 3.05) is 30.4 Å². The molecule has 1 aliphatic heterocycles. The van der Waals surface area contributed by atoms with Crippen LogP contribution in [0.5, 0.6) is 0 Å². The first kappa shape index (κ1) is 14.0. The minimum absolute atomic E-state index is 0.187. The second kappa shape index (κ2) is 6.67. The summed E-state index contributed by atoms with van der Waals surface area (Å²) in [4.78, 5) is 21.8. The zero-order valence-corrected chi connectivity index (χ0v) is 12.1. The smallest absolute Gasteiger partial charge is 0.224 e. The predicted molar refractivity (Wildman–Crippen MR) is 76.5 cm³/mol. The first-order valence-corrected chi connectivity index (χ1v) is 7.00. The van der Waals surface area contributed by atoms with Crippen LogP contribution in [0, 0.1) is 0 Å². The van der Waals surface area contributed by atoms with Crippen molar-refractivity contribution in [2.24, 2.45) is 5.84 Å². The minimum Gasteiger partial charge on any atom is -0.368 e. The topological polar surface area (TPSA) is 96.2 Å². The lowest BCUT2D eigenvalue weighted by molar-refractivity contribution is -0.129. The van der Waals surface area contributed by atoms with Gasteiger partial charge in [-0.3, -0.25) is 4.79 Å². The summed E-state index contributed by atoms with van der Waals surface area (Å²) in [5.41, 5.74) is 2.47. The third-order valence-electron chi connectivity index (χ3n) is 3.02. The van der Waals surface area contributed by atoms with Gasteiger partial charge in [0, 0.05) is 26.1 Å². The number of carbonyl (C=O) groups excluding carboxylic acids is 1. The van der Waals surface area contributed by atoms with Gasteiger partial charge >= 0.3 is 0 Å². The van der Waals surface area contributed by atoms with Gasteiger partial charge in [0.15, 0.2) is 5.82 Å². The Labute approximate surface area is 120 Å². The molecule has 0 saturated carbocycles. The van der Waals surface area contributed by atoms with Crippen molar-refractivity contribution in [1.29, 1.82) is 0 Å². The molecule has 1 aliphatic rings. The van der Waals surface area contributed by atoms with Crippen LogP contribution in [0.25, 0.3) is 0 Å². The van der Waals surface area contributed by atoms with E-state index in [2.05, 4.69) is 36.6 Å². The molecule has 1 amide bonds. The van der Waals surface area contributed by atoms with E-state index in [0.717, 1.165) is 25.9 Å². The van der Waals surface area contributed by atoms with Gasteiger partial charge in [0.25, 0.3) is 0 Å². The number of nitrogens with one attached hydrogen (secondary N) is 2. The van der Waals surface area contributed by atoms with Gasteiger partial charge in [0.2, 0.25) is 5.91 Å². The number of hydrogen-bond acceptors (Lipinski definition) is 6. The second-order valence-electron chi connectivity index (χ2n) is 4.29. The van der Waals surface area contributed by atoms with E-state index in [1.165, 1.54) is 6.33 Å². The Morgan fingerprint density at radius 3 is 2.74 bits per heavy atom. The van der Waals surface area contributed by atoms with Crippen molar-refractivity contribution in [3.8, 4) is 0 Å². The molecule has 0 aliphatic carbocycles. The molecule has 8 heteroatoms. The maximum atomic E-state index is 11.9. The Kier molecular flexibility index (Phi) is 4.92. The van der Waals surface area contributed by atoms with Gasteiger partial charge < -0.3 is 15.6 Å². The minimum atomic E-state index is 0.187. The number of hydrogen-bond donors (Lipinski definition) is 3. The van der Waals surface area contributed by atoms with E-state index in [0.29, 0.717) is 29.1 Å². The van der Waals surface area contributed by atoms with Crippen LogP contribution in [0.3, 0.4) is 0 Å². The Bertz CT molecular complexity index is 449. The van der Waals surface area contributed by atoms with E-state index >= 15 is 0 Å². The standard InChI is InChI=1S/C11H17BrN6O/c12-9-10(15-7-16-11(9)17-13)14-4-3-8(19)18-5-1-2-6-18/h7H,1-6,13H2,(H2,14,15,16,17). The van der Waals surface area contributed by atoms with E-state index in [1.54, 1.807) is 0 Å². The van der Waals surface area contributed by atoms with Gasteiger partial charge in [-0.05, 0) is 28.8 Å². The highest BCUT2D eigenvalue weighted by Crippen LogP contribution is 2.25. The Morgan fingerprint density at radius 1 is 1.37 bits per heavy atom. The molecule has 1 aromatic rings. The Balaban J connectivity index is 1.83. The lowest BCUT2D eigenvalue weighted by atomic mass is 10.3. The zero-order chi connectivity index (χ0) is 13.7. The molecule has 104 valence electrons. The normalized spacial score (nSPS) is 14.5. The van der Waals surface area contributed by atoms with Crippen LogP contribution < -0.4 is 16.6 Å². The van der Waals surface area contributed by atoms with E-state index in [9.17, 15) is 4.79 Å². The number of halogens is 1. The molecule has 2 rings (SSSR count). The molecule has 1 saturated heterocycles. The summed E-state index contributed by atoms with van der Waals surface area (Å²) in [6.07, 6.45) is 4.09. The SMILES string of the molecule is NNc1ncnc(NCCC(=O)N2CCCC2)c1Br. The van der Waals surface area contributed by atoms with Crippen molar-refractivity contribution in [2.45, 2.75) is 19.3 Å². The van der Waals surface area contributed by atoms with E-state index in [1.807, 2.05) is 4.90 Å². The number of hydrazine groups is 1. The zero-order valence-electron chi connectivity index (χ0n) is 10.5. The van der Waals surface area contributed by atoms with Crippen LogP contribution in [0.4, 0.5) is 11.6 Å². The number of carbonyl (C=O) groups is 1. The summed E-state index contributed by atoms with van der Waals surface area (Å²) in [7, 11) is 0. The third-order valence-corrected chi connectivity index (χ3v) is 3.77. The van der Waals surface area contributed by atoms with Crippen LogP contribution in [-0.2, 0) is 4.79 Å². The number of likely N-dealkylation sites (tertiary alicyclic amines) is 1. The summed E-state index contributed by atoms with van der Waals surface area (Å²) in [6, 6.07) is 0. The molecule has 0 aromatic carbocycles. The summed E-state index contributed by atoms with van der Waals surface area (Å²) >= 11 is 3.35. The molecule has 7 nitrogen and oxygen atoms in total. The molecule has 1 fully saturated rings. The lowest BCUT2D eigenvalue weighted by Crippen LogP contribution is -2.29. The first-order valence-electron chi connectivity index (χ1n) is 6.21. The molecule has 1 aromatic heterocycles. The number of amides is 1. The summed E-state index contributed by atoms with van der Waals surface area (Å²) in [6.45, 7) is 2.31. The van der Waals surface area contributed by atoms with Crippen molar-refractivity contribution < 1.29 is 4.79 Å². The van der Waals surface area contributed by atoms with E-state index in [4.69, 9.17) is 5.84 Å². The highest BCUT2D eigenvalue weighted by molar-refractivity contribution is 9.10. The highest BCUT2D eigenvalue weighted by atomic mass is 79.9. The van der Waals surface area contributed by atoms with Crippen molar-refractivity contribution in [1.82, 2.24) is 14.9 Å². The molecule has 0 bridgehead atoms. The number of nitrogens with zero attached hydrogens (tertiary/aromatic N) is 3. The van der Waals surface area contributed by atoms with Gasteiger partial charge in [0.1, 0.15) is 16.6 Å². The molecule has 19 heavy (non-hydrogen) atoms. The molecule has 2 heterocycles. The fraction of sp³-hybridized carbons (Fsp3) is 0.545. The monoisotopic (exact) mass is 328 g/mol. The number of anilines is 2. The molecular formula is C11H17BrN6O. The Morgan fingerprint density at radius 2 is 2.05 bits per heavy atom.